The highest BCUT2D eigenvalue weighted by Crippen LogP contribution is 2.38. The molecule has 4 rings (SSSR count). The van der Waals surface area contributed by atoms with Gasteiger partial charge in [-0.3, -0.25) is 9.78 Å². The zero-order valence-corrected chi connectivity index (χ0v) is 19.5. The highest BCUT2D eigenvalue weighted by molar-refractivity contribution is 6.03. The van der Waals surface area contributed by atoms with Gasteiger partial charge in [0.1, 0.15) is 28.8 Å². The van der Waals surface area contributed by atoms with E-state index in [1.165, 1.54) is 13.3 Å². The predicted molar refractivity (Wildman–Crippen MR) is 126 cm³/mol. The van der Waals surface area contributed by atoms with Crippen LogP contribution in [-0.2, 0) is 11.3 Å². The van der Waals surface area contributed by atoms with E-state index in [4.69, 9.17) is 10.5 Å². The number of rotatable bonds is 6. The number of hydrogen-bond donors (Lipinski definition) is 2. The molecule has 2 heterocycles. The minimum atomic E-state index is -1.00. The summed E-state index contributed by atoms with van der Waals surface area (Å²) in [5.74, 6) is -3.01. The molecule has 0 aliphatic heterocycles. The second-order valence-corrected chi connectivity index (χ2v) is 9.08. The number of amides is 1. The first-order valence-electron chi connectivity index (χ1n) is 11.4. The third kappa shape index (κ3) is 5.52. The molecule has 1 fully saturated rings. The van der Waals surface area contributed by atoms with Gasteiger partial charge in [-0.1, -0.05) is 6.92 Å². The second kappa shape index (κ2) is 10.5. The number of benzene rings is 1. The summed E-state index contributed by atoms with van der Waals surface area (Å²) in [7, 11) is 1.39. The molecule has 0 spiro atoms. The van der Waals surface area contributed by atoms with Gasteiger partial charge in [-0.25, -0.2) is 18.2 Å². The van der Waals surface area contributed by atoms with Crippen molar-refractivity contribution in [2.75, 3.05) is 12.4 Å². The number of nitrogens with zero attached hydrogens (tertiary/aromatic N) is 2. The van der Waals surface area contributed by atoms with Crippen LogP contribution >= 0.6 is 0 Å². The first kappa shape index (κ1) is 24.8. The van der Waals surface area contributed by atoms with Crippen LogP contribution in [-0.4, -0.2) is 29.0 Å². The number of carbonyl (C=O) groups is 1. The average Bonchev–Trinajstić information content (AvgIpc) is 2.79. The molecule has 6 nitrogen and oxygen atoms in total. The lowest BCUT2D eigenvalue weighted by Crippen LogP contribution is -2.31. The quantitative estimate of drug-likeness (QED) is 0.503. The van der Waals surface area contributed by atoms with E-state index < -0.39 is 34.6 Å². The largest absolute Gasteiger partial charge is 0.380 e. The van der Waals surface area contributed by atoms with Crippen LogP contribution in [0.5, 0.6) is 0 Å². The van der Waals surface area contributed by atoms with Crippen LogP contribution in [0.1, 0.15) is 53.7 Å². The third-order valence-electron chi connectivity index (χ3n) is 6.25. The molecule has 35 heavy (non-hydrogen) atoms. The minimum absolute atomic E-state index is 0.00933. The molecule has 3 aromatic rings. The second-order valence-electron chi connectivity index (χ2n) is 9.08. The number of pyridine rings is 2. The first-order chi connectivity index (χ1) is 16.8. The van der Waals surface area contributed by atoms with Gasteiger partial charge in [0.15, 0.2) is 0 Å². The maximum atomic E-state index is 14.7. The molecule has 3 atom stereocenters. The summed E-state index contributed by atoms with van der Waals surface area (Å²) >= 11 is 0. The van der Waals surface area contributed by atoms with Gasteiger partial charge in [-0.15, -0.1) is 0 Å². The number of methoxy groups -OCH3 is 1. The first-order valence-corrected chi connectivity index (χ1v) is 11.4. The lowest BCUT2D eigenvalue weighted by Gasteiger charge is -2.32. The molecule has 0 bridgehead atoms. The van der Waals surface area contributed by atoms with Gasteiger partial charge in [0.05, 0.1) is 24.1 Å². The molecule has 1 aromatic carbocycles. The van der Waals surface area contributed by atoms with E-state index in [1.54, 1.807) is 6.20 Å². The molecule has 1 amide bonds. The Hall–Kier alpha value is -3.30. The van der Waals surface area contributed by atoms with Crippen molar-refractivity contribution in [2.45, 2.75) is 44.8 Å². The molecule has 0 radical (unpaired) electrons. The Bertz CT molecular complexity index is 1200. The van der Waals surface area contributed by atoms with E-state index in [0.29, 0.717) is 11.6 Å². The SMILES string of the molecule is COCc1cc(F)c(-c2nc(C(=O)Nc3cnccc3[C@@H]3C[C@H](C)C[C@H](N)C3)ccc2F)c(F)c1. The number of nitrogens with one attached hydrogen (secondary N) is 1. The van der Waals surface area contributed by atoms with Crippen molar-refractivity contribution >= 4 is 11.6 Å². The highest BCUT2D eigenvalue weighted by atomic mass is 19.1. The summed E-state index contributed by atoms with van der Waals surface area (Å²) in [5.41, 5.74) is 6.44. The van der Waals surface area contributed by atoms with Crippen LogP contribution in [0.4, 0.5) is 18.9 Å². The van der Waals surface area contributed by atoms with Crippen LogP contribution in [0.2, 0.25) is 0 Å². The molecule has 184 valence electrons. The molecule has 0 unspecified atom stereocenters. The van der Waals surface area contributed by atoms with Crippen molar-refractivity contribution in [3.05, 3.63) is 77.0 Å². The standard InChI is InChI=1S/C26H27F3N4O2/c1-14-7-16(11-17(30)8-14)18-5-6-31-12-23(18)33-26(34)22-4-3-19(27)25(32-22)24-20(28)9-15(13-35-2)10-21(24)29/h3-6,9-10,12,14,16-17H,7-8,11,13,30H2,1-2H3,(H,33,34)/t14-,16+,17-/m0/s1. The molecule has 1 aliphatic rings. The van der Waals surface area contributed by atoms with Crippen molar-refractivity contribution in [1.29, 1.82) is 0 Å². The Morgan fingerprint density at radius 2 is 1.86 bits per heavy atom. The van der Waals surface area contributed by atoms with Gasteiger partial charge in [0.25, 0.3) is 5.91 Å². The smallest absolute Gasteiger partial charge is 0.274 e. The van der Waals surface area contributed by atoms with E-state index >= 15 is 0 Å². The molecule has 1 saturated carbocycles. The fourth-order valence-corrected chi connectivity index (χ4v) is 4.81. The van der Waals surface area contributed by atoms with Crippen molar-refractivity contribution in [3.63, 3.8) is 0 Å². The zero-order chi connectivity index (χ0) is 25.1. The number of aromatic nitrogens is 2. The minimum Gasteiger partial charge on any atom is -0.380 e. The number of halogens is 3. The molecule has 1 aliphatic carbocycles. The fourth-order valence-electron chi connectivity index (χ4n) is 4.81. The summed E-state index contributed by atoms with van der Waals surface area (Å²) < 4.78 is 48.8. The maximum Gasteiger partial charge on any atom is 0.274 e. The van der Waals surface area contributed by atoms with Crippen LogP contribution in [0.15, 0.2) is 42.7 Å². The monoisotopic (exact) mass is 484 g/mol. The summed E-state index contributed by atoms with van der Waals surface area (Å²) in [5, 5.41) is 2.78. The summed E-state index contributed by atoms with van der Waals surface area (Å²) in [4.78, 5) is 21.1. The van der Waals surface area contributed by atoms with Crippen LogP contribution in [0.25, 0.3) is 11.3 Å². The average molecular weight is 485 g/mol. The van der Waals surface area contributed by atoms with E-state index in [1.807, 2.05) is 6.07 Å². The molecular formula is C26H27F3N4O2. The number of nitrogens with two attached hydrogens (primary N) is 1. The number of ether oxygens (including phenoxy) is 1. The molecular weight excluding hydrogens is 457 g/mol. The van der Waals surface area contributed by atoms with Crippen molar-refractivity contribution in [1.82, 2.24) is 9.97 Å². The fraction of sp³-hybridized carbons (Fsp3) is 0.346. The van der Waals surface area contributed by atoms with E-state index in [-0.39, 0.29) is 29.8 Å². The number of hydrogen-bond acceptors (Lipinski definition) is 5. The van der Waals surface area contributed by atoms with Gasteiger partial charge in [0.2, 0.25) is 0 Å². The Labute approximate surface area is 201 Å². The number of carbonyl (C=O) groups excluding carboxylic acids is 1. The van der Waals surface area contributed by atoms with E-state index in [9.17, 15) is 18.0 Å². The maximum absolute atomic E-state index is 14.7. The molecule has 0 saturated heterocycles. The van der Waals surface area contributed by atoms with Crippen LogP contribution in [0, 0.1) is 23.4 Å². The van der Waals surface area contributed by atoms with Gasteiger partial charge >= 0.3 is 0 Å². The Balaban J connectivity index is 1.63. The van der Waals surface area contributed by atoms with Gasteiger partial charge in [-0.05, 0) is 72.6 Å². The van der Waals surface area contributed by atoms with Crippen molar-refractivity contribution in [3.8, 4) is 11.3 Å². The van der Waals surface area contributed by atoms with Crippen LogP contribution in [0.3, 0.4) is 0 Å². The van der Waals surface area contributed by atoms with E-state index in [0.717, 1.165) is 49.1 Å². The number of anilines is 1. The molecule has 3 N–H and O–H groups in total. The summed E-state index contributed by atoms with van der Waals surface area (Å²) in [6, 6.07) is 6.15. The summed E-state index contributed by atoms with van der Waals surface area (Å²) in [6.45, 7) is 2.14. The van der Waals surface area contributed by atoms with Crippen LogP contribution < -0.4 is 11.1 Å². The van der Waals surface area contributed by atoms with Gasteiger partial charge in [-0.2, -0.15) is 0 Å². The lowest BCUT2D eigenvalue weighted by molar-refractivity contribution is 0.102. The Morgan fingerprint density at radius 1 is 1.11 bits per heavy atom. The Morgan fingerprint density at radius 3 is 2.54 bits per heavy atom. The molecule has 9 heteroatoms. The normalized spacial score (nSPS) is 20.0. The highest BCUT2D eigenvalue weighted by Gasteiger charge is 2.28. The third-order valence-corrected chi connectivity index (χ3v) is 6.25. The van der Waals surface area contributed by atoms with E-state index in [2.05, 4.69) is 22.2 Å². The zero-order valence-electron chi connectivity index (χ0n) is 19.5. The lowest BCUT2D eigenvalue weighted by atomic mass is 9.76. The molecule has 2 aromatic heterocycles. The predicted octanol–water partition coefficient (Wildman–Crippen LogP) is 5.19. The summed E-state index contributed by atoms with van der Waals surface area (Å²) in [6.07, 6.45) is 5.86. The van der Waals surface area contributed by atoms with Gasteiger partial charge < -0.3 is 15.8 Å². The Kier molecular flexibility index (Phi) is 7.47. The van der Waals surface area contributed by atoms with Crippen molar-refractivity contribution < 1.29 is 22.7 Å². The topological polar surface area (TPSA) is 90.1 Å². The van der Waals surface area contributed by atoms with Gasteiger partial charge in [0, 0.05) is 19.3 Å². The van der Waals surface area contributed by atoms with Crippen molar-refractivity contribution in [2.24, 2.45) is 11.7 Å².